The molecule has 0 N–H and O–H groups in total. The number of hydrogen-bond donors (Lipinski definition) is 0. The first kappa shape index (κ1) is 9.96. The largest absolute Gasteiger partial charge is 0.372 e. The third kappa shape index (κ3) is 2.08. The van der Waals surface area contributed by atoms with Crippen molar-refractivity contribution in [1.29, 1.82) is 0 Å². The molecule has 2 rings (SSSR count). The van der Waals surface area contributed by atoms with Crippen molar-refractivity contribution in [3.8, 4) is 0 Å². The molecule has 1 aliphatic rings. The van der Waals surface area contributed by atoms with E-state index in [-0.39, 0.29) is 21.8 Å². The molecule has 14 heavy (non-hydrogen) atoms. The van der Waals surface area contributed by atoms with Crippen molar-refractivity contribution < 1.29 is 13.2 Å². The molecule has 1 fully saturated rings. The molecular formula is C9H9ClO3S. The minimum absolute atomic E-state index is 0.0245. The van der Waals surface area contributed by atoms with Gasteiger partial charge in [0.25, 0.3) is 0 Å². The lowest BCUT2D eigenvalue weighted by Gasteiger charge is -2.03. The van der Waals surface area contributed by atoms with Gasteiger partial charge in [0.1, 0.15) is 0 Å². The fraction of sp³-hybridized carbons (Fsp3) is 0.333. The van der Waals surface area contributed by atoms with Gasteiger partial charge in [0.05, 0.1) is 28.4 Å². The van der Waals surface area contributed by atoms with Crippen LogP contribution >= 0.6 is 11.6 Å². The van der Waals surface area contributed by atoms with Gasteiger partial charge in [0.15, 0.2) is 9.84 Å². The second-order valence-electron chi connectivity index (χ2n) is 3.17. The highest BCUT2D eigenvalue weighted by atomic mass is 35.5. The normalized spacial score (nSPS) is 20.8. The SMILES string of the molecule is O=S(=O)(C[C@@H]1CO1)c1ccccc1Cl. The molecule has 0 amide bonds. The Labute approximate surface area is 87.6 Å². The van der Waals surface area contributed by atoms with Gasteiger partial charge in [-0.25, -0.2) is 8.42 Å². The van der Waals surface area contributed by atoms with E-state index in [1.54, 1.807) is 18.2 Å². The van der Waals surface area contributed by atoms with Crippen molar-refractivity contribution >= 4 is 21.4 Å². The summed E-state index contributed by atoms with van der Waals surface area (Å²) in [7, 11) is -3.28. The molecule has 0 aliphatic carbocycles. The molecule has 1 atom stereocenters. The molecular weight excluding hydrogens is 224 g/mol. The molecule has 0 saturated carbocycles. The van der Waals surface area contributed by atoms with Crippen LogP contribution in [0.4, 0.5) is 0 Å². The summed E-state index contributed by atoms with van der Waals surface area (Å²) in [6.07, 6.45) is -0.142. The van der Waals surface area contributed by atoms with Crippen molar-refractivity contribution in [2.45, 2.75) is 11.0 Å². The second-order valence-corrected chi connectivity index (χ2v) is 5.58. The van der Waals surface area contributed by atoms with E-state index >= 15 is 0 Å². The Morgan fingerprint density at radius 1 is 1.43 bits per heavy atom. The van der Waals surface area contributed by atoms with E-state index in [2.05, 4.69) is 0 Å². The van der Waals surface area contributed by atoms with Crippen molar-refractivity contribution in [1.82, 2.24) is 0 Å². The molecule has 1 heterocycles. The Morgan fingerprint density at radius 2 is 2.07 bits per heavy atom. The van der Waals surface area contributed by atoms with Crippen molar-refractivity contribution in [2.75, 3.05) is 12.4 Å². The van der Waals surface area contributed by atoms with Gasteiger partial charge in [-0.05, 0) is 12.1 Å². The van der Waals surface area contributed by atoms with Crippen LogP contribution in [0.1, 0.15) is 0 Å². The maximum atomic E-state index is 11.7. The lowest BCUT2D eigenvalue weighted by molar-refractivity contribution is 0.422. The van der Waals surface area contributed by atoms with Gasteiger partial charge >= 0.3 is 0 Å². The Bertz CT molecular complexity index is 437. The lowest BCUT2D eigenvalue weighted by Crippen LogP contribution is -2.12. The van der Waals surface area contributed by atoms with E-state index in [1.807, 2.05) is 0 Å². The average molecular weight is 233 g/mol. The van der Waals surface area contributed by atoms with E-state index < -0.39 is 9.84 Å². The molecule has 0 bridgehead atoms. The minimum atomic E-state index is -3.28. The van der Waals surface area contributed by atoms with Gasteiger partial charge < -0.3 is 4.74 Å². The highest BCUT2D eigenvalue weighted by Crippen LogP contribution is 2.24. The summed E-state index contributed by atoms with van der Waals surface area (Å²) >= 11 is 5.79. The van der Waals surface area contributed by atoms with Crippen molar-refractivity contribution in [3.63, 3.8) is 0 Å². The molecule has 0 aromatic heterocycles. The van der Waals surface area contributed by atoms with Crippen molar-refractivity contribution in [2.24, 2.45) is 0 Å². The third-order valence-corrected chi connectivity index (χ3v) is 4.26. The predicted molar refractivity (Wildman–Crippen MR) is 53.2 cm³/mol. The van der Waals surface area contributed by atoms with Crippen LogP contribution in [0.15, 0.2) is 29.2 Å². The van der Waals surface area contributed by atoms with Crippen LogP contribution in [-0.4, -0.2) is 26.9 Å². The monoisotopic (exact) mass is 232 g/mol. The topological polar surface area (TPSA) is 46.7 Å². The predicted octanol–water partition coefficient (Wildman–Crippen LogP) is 1.51. The van der Waals surface area contributed by atoms with Crippen LogP contribution in [0.5, 0.6) is 0 Å². The van der Waals surface area contributed by atoms with Gasteiger partial charge in [-0.15, -0.1) is 0 Å². The first-order chi connectivity index (χ1) is 6.59. The summed E-state index contributed by atoms with van der Waals surface area (Å²) in [4.78, 5) is 0.192. The number of benzene rings is 1. The molecule has 3 nitrogen and oxygen atoms in total. The molecule has 1 aromatic carbocycles. The highest BCUT2D eigenvalue weighted by molar-refractivity contribution is 7.91. The minimum Gasteiger partial charge on any atom is -0.372 e. The van der Waals surface area contributed by atoms with Crippen LogP contribution in [0.3, 0.4) is 0 Å². The molecule has 0 radical (unpaired) electrons. The number of ether oxygens (including phenoxy) is 1. The van der Waals surface area contributed by atoms with Crippen LogP contribution < -0.4 is 0 Å². The van der Waals surface area contributed by atoms with Gasteiger partial charge in [-0.1, -0.05) is 23.7 Å². The van der Waals surface area contributed by atoms with E-state index in [4.69, 9.17) is 16.3 Å². The fourth-order valence-electron chi connectivity index (χ4n) is 1.20. The molecule has 76 valence electrons. The summed E-state index contributed by atoms with van der Waals surface area (Å²) in [5, 5.41) is 0.271. The number of epoxide rings is 1. The Hall–Kier alpha value is -0.580. The number of rotatable bonds is 3. The summed E-state index contributed by atoms with van der Waals surface area (Å²) in [5.41, 5.74) is 0. The standard InChI is InChI=1S/C9H9ClO3S/c10-8-3-1-2-4-9(8)14(11,12)6-7-5-13-7/h1-4,7H,5-6H2/t7-/m0/s1. The summed E-state index contributed by atoms with van der Waals surface area (Å²) in [6, 6.07) is 6.45. The Morgan fingerprint density at radius 3 is 2.64 bits per heavy atom. The average Bonchev–Trinajstić information content (AvgIpc) is 2.88. The van der Waals surface area contributed by atoms with Gasteiger partial charge in [-0.2, -0.15) is 0 Å². The molecule has 1 saturated heterocycles. The van der Waals surface area contributed by atoms with Crippen LogP contribution in [0, 0.1) is 0 Å². The smallest absolute Gasteiger partial charge is 0.182 e. The quantitative estimate of drug-likeness (QED) is 0.743. The second kappa shape index (κ2) is 3.53. The maximum Gasteiger partial charge on any atom is 0.182 e. The first-order valence-electron chi connectivity index (χ1n) is 4.18. The summed E-state index contributed by atoms with van der Waals surface area (Å²) < 4.78 is 28.4. The van der Waals surface area contributed by atoms with Crippen molar-refractivity contribution in [3.05, 3.63) is 29.3 Å². The van der Waals surface area contributed by atoms with E-state index in [0.717, 1.165) is 0 Å². The van der Waals surface area contributed by atoms with E-state index in [9.17, 15) is 8.42 Å². The lowest BCUT2D eigenvalue weighted by atomic mass is 10.4. The highest BCUT2D eigenvalue weighted by Gasteiger charge is 2.31. The zero-order chi connectivity index (χ0) is 10.2. The fourth-order valence-corrected chi connectivity index (χ4v) is 3.20. The summed E-state index contributed by atoms with van der Waals surface area (Å²) in [6.45, 7) is 0.531. The molecule has 5 heteroatoms. The third-order valence-electron chi connectivity index (χ3n) is 1.98. The van der Waals surface area contributed by atoms with Crippen LogP contribution in [-0.2, 0) is 14.6 Å². The maximum absolute atomic E-state index is 11.7. The number of halogens is 1. The van der Waals surface area contributed by atoms with E-state index in [0.29, 0.717) is 6.61 Å². The van der Waals surface area contributed by atoms with Gasteiger partial charge in [-0.3, -0.25) is 0 Å². The first-order valence-corrected chi connectivity index (χ1v) is 6.21. The Kier molecular flexibility index (Phi) is 2.51. The molecule has 1 aliphatic heterocycles. The van der Waals surface area contributed by atoms with Gasteiger partial charge in [0, 0.05) is 0 Å². The summed E-state index contributed by atoms with van der Waals surface area (Å²) in [5.74, 6) is 0.0245. The van der Waals surface area contributed by atoms with Crippen LogP contribution in [0.2, 0.25) is 5.02 Å². The zero-order valence-electron chi connectivity index (χ0n) is 7.31. The van der Waals surface area contributed by atoms with Crippen LogP contribution in [0.25, 0.3) is 0 Å². The molecule has 1 aromatic rings. The molecule has 0 spiro atoms. The zero-order valence-corrected chi connectivity index (χ0v) is 8.88. The Balaban J connectivity index is 2.33. The number of hydrogen-bond acceptors (Lipinski definition) is 3. The van der Waals surface area contributed by atoms with E-state index in [1.165, 1.54) is 6.07 Å². The number of sulfone groups is 1. The molecule has 0 unspecified atom stereocenters. The van der Waals surface area contributed by atoms with Gasteiger partial charge in [0.2, 0.25) is 0 Å².